The lowest BCUT2D eigenvalue weighted by Crippen LogP contribution is -2.41. The van der Waals surface area contributed by atoms with Crippen LogP contribution in [0.5, 0.6) is 0 Å². The van der Waals surface area contributed by atoms with Crippen LogP contribution in [-0.4, -0.2) is 30.2 Å². The van der Waals surface area contributed by atoms with Crippen molar-refractivity contribution in [1.82, 2.24) is 10.6 Å². The molecule has 1 saturated carbocycles. The average Bonchev–Trinajstić information content (AvgIpc) is 2.46. The van der Waals surface area contributed by atoms with Gasteiger partial charge in [0.2, 0.25) is 0 Å². The number of carbonyl (C=O) groups is 1. The van der Waals surface area contributed by atoms with Gasteiger partial charge in [-0.1, -0.05) is 25.0 Å². The number of aliphatic hydroxyl groups excluding tert-OH is 1. The molecule has 0 aromatic heterocycles. The summed E-state index contributed by atoms with van der Waals surface area (Å²) in [5, 5.41) is 15.9. The molecule has 1 aromatic rings. The molecule has 2 rings (SSSR count). The largest absolute Gasteiger partial charge is 0.392 e. The van der Waals surface area contributed by atoms with Crippen molar-refractivity contribution in [2.75, 3.05) is 7.05 Å². The Morgan fingerprint density at radius 2 is 1.95 bits per heavy atom. The first kappa shape index (κ1) is 14.0. The Kier molecular flexibility index (Phi) is 4.93. The zero-order chi connectivity index (χ0) is 13.7. The first-order valence-corrected chi connectivity index (χ1v) is 6.93. The summed E-state index contributed by atoms with van der Waals surface area (Å²) in [4.78, 5) is 11.4. The predicted molar refractivity (Wildman–Crippen MR) is 74.9 cm³/mol. The van der Waals surface area contributed by atoms with Crippen molar-refractivity contribution >= 4 is 5.91 Å². The van der Waals surface area contributed by atoms with Crippen LogP contribution in [0, 0.1) is 0 Å². The van der Waals surface area contributed by atoms with Crippen molar-refractivity contribution in [3.05, 3.63) is 35.4 Å². The van der Waals surface area contributed by atoms with Crippen LogP contribution < -0.4 is 10.6 Å². The third kappa shape index (κ3) is 3.78. The highest BCUT2D eigenvalue weighted by atomic mass is 16.3. The van der Waals surface area contributed by atoms with E-state index in [4.69, 9.17) is 0 Å². The van der Waals surface area contributed by atoms with Crippen LogP contribution in [0.15, 0.2) is 24.3 Å². The van der Waals surface area contributed by atoms with Gasteiger partial charge in [0.1, 0.15) is 0 Å². The van der Waals surface area contributed by atoms with Crippen molar-refractivity contribution in [2.45, 2.75) is 44.4 Å². The van der Waals surface area contributed by atoms with Crippen LogP contribution in [-0.2, 0) is 6.54 Å². The normalized spacial score (nSPS) is 23.1. The Morgan fingerprint density at radius 1 is 1.26 bits per heavy atom. The van der Waals surface area contributed by atoms with Gasteiger partial charge in [-0.3, -0.25) is 4.79 Å². The van der Waals surface area contributed by atoms with Gasteiger partial charge < -0.3 is 15.7 Å². The molecule has 0 spiro atoms. The molecule has 0 unspecified atom stereocenters. The number of nitrogens with one attached hydrogen (secondary N) is 2. The van der Waals surface area contributed by atoms with Gasteiger partial charge in [-0.05, 0) is 30.5 Å². The number of aliphatic hydroxyl groups is 1. The third-order valence-corrected chi connectivity index (χ3v) is 3.74. The highest BCUT2D eigenvalue weighted by Crippen LogP contribution is 2.18. The molecule has 19 heavy (non-hydrogen) atoms. The Morgan fingerprint density at radius 3 is 2.58 bits per heavy atom. The fourth-order valence-electron chi connectivity index (χ4n) is 2.52. The summed E-state index contributed by atoms with van der Waals surface area (Å²) in [6.45, 7) is 0.732. The minimum Gasteiger partial charge on any atom is -0.392 e. The zero-order valence-corrected chi connectivity index (χ0v) is 11.4. The van der Waals surface area contributed by atoms with Crippen LogP contribution in [0.25, 0.3) is 0 Å². The maximum Gasteiger partial charge on any atom is 0.251 e. The molecular formula is C15H22N2O2. The van der Waals surface area contributed by atoms with E-state index in [1.165, 1.54) is 6.42 Å². The lowest BCUT2D eigenvalue weighted by Gasteiger charge is -2.28. The Labute approximate surface area is 114 Å². The summed E-state index contributed by atoms with van der Waals surface area (Å²) >= 11 is 0. The van der Waals surface area contributed by atoms with Crippen LogP contribution in [0.1, 0.15) is 41.6 Å². The van der Waals surface area contributed by atoms with Gasteiger partial charge in [0.15, 0.2) is 0 Å². The van der Waals surface area contributed by atoms with E-state index < -0.39 is 0 Å². The molecule has 104 valence electrons. The van der Waals surface area contributed by atoms with Gasteiger partial charge in [0.25, 0.3) is 5.91 Å². The van der Waals surface area contributed by atoms with Gasteiger partial charge in [0.05, 0.1) is 6.10 Å². The van der Waals surface area contributed by atoms with E-state index in [0.29, 0.717) is 5.56 Å². The maximum absolute atomic E-state index is 11.4. The molecule has 1 aliphatic rings. The molecule has 0 bridgehead atoms. The number of amides is 1. The van der Waals surface area contributed by atoms with E-state index in [1.54, 1.807) is 7.05 Å². The van der Waals surface area contributed by atoms with Crippen molar-refractivity contribution in [1.29, 1.82) is 0 Å². The molecule has 4 heteroatoms. The highest BCUT2D eigenvalue weighted by molar-refractivity contribution is 5.93. The fourth-order valence-corrected chi connectivity index (χ4v) is 2.52. The molecule has 1 amide bonds. The minimum absolute atomic E-state index is 0.0674. The standard InChI is InChI=1S/C15H22N2O2/c1-16-15(19)12-8-6-11(7-9-12)10-17-13-4-2-3-5-14(13)18/h6-9,13-14,17-18H,2-5,10H2,1H3,(H,16,19)/t13-,14+/m0/s1. The molecule has 0 heterocycles. The smallest absolute Gasteiger partial charge is 0.251 e. The molecule has 0 radical (unpaired) electrons. The molecule has 1 fully saturated rings. The summed E-state index contributed by atoms with van der Waals surface area (Å²) in [6.07, 6.45) is 4.02. The Balaban J connectivity index is 1.87. The summed E-state index contributed by atoms with van der Waals surface area (Å²) in [5.74, 6) is -0.0674. The van der Waals surface area contributed by atoms with Gasteiger partial charge in [-0.2, -0.15) is 0 Å². The highest BCUT2D eigenvalue weighted by Gasteiger charge is 2.21. The number of carbonyl (C=O) groups excluding carboxylic acids is 1. The van der Waals surface area contributed by atoms with Gasteiger partial charge in [0, 0.05) is 25.2 Å². The second-order valence-electron chi connectivity index (χ2n) is 5.12. The molecule has 0 saturated heterocycles. The van der Waals surface area contributed by atoms with Crippen molar-refractivity contribution in [3.8, 4) is 0 Å². The Hall–Kier alpha value is -1.39. The first-order valence-electron chi connectivity index (χ1n) is 6.93. The third-order valence-electron chi connectivity index (χ3n) is 3.74. The van der Waals surface area contributed by atoms with Crippen molar-refractivity contribution < 1.29 is 9.90 Å². The van der Waals surface area contributed by atoms with E-state index in [-0.39, 0.29) is 18.1 Å². The van der Waals surface area contributed by atoms with Crippen LogP contribution in [0.3, 0.4) is 0 Å². The molecular weight excluding hydrogens is 240 g/mol. The lowest BCUT2D eigenvalue weighted by atomic mass is 9.92. The number of hydrogen-bond acceptors (Lipinski definition) is 3. The van der Waals surface area contributed by atoms with Crippen LogP contribution in [0.4, 0.5) is 0 Å². The summed E-state index contributed by atoms with van der Waals surface area (Å²) < 4.78 is 0. The second kappa shape index (κ2) is 6.68. The molecule has 1 aliphatic carbocycles. The topological polar surface area (TPSA) is 61.4 Å². The summed E-state index contributed by atoms with van der Waals surface area (Å²) in [6, 6.07) is 7.76. The van der Waals surface area contributed by atoms with E-state index >= 15 is 0 Å². The quantitative estimate of drug-likeness (QED) is 0.769. The summed E-state index contributed by atoms with van der Waals surface area (Å²) in [5.41, 5.74) is 1.80. The second-order valence-corrected chi connectivity index (χ2v) is 5.12. The number of benzene rings is 1. The first-order chi connectivity index (χ1) is 9.20. The van der Waals surface area contributed by atoms with Crippen molar-refractivity contribution in [3.63, 3.8) is 0 Å². The van der Waals surface area contributed by atoms with E-state index in [0.717, 1.165) is 31.4 Å². The lowest BCUT2D eigenvalue weighted by molar-refractivity contribution is 0.0902. The van der Waals surface area contributed by atoms with Gasteiger partial charge in [-0.15, -0.1) is 0 Å². The van der Waals surface area contributed by atoms with Crippen LogP contribution >= 0.6 is 0 Å². The fraction of sp³-hybridized carbons (Fsp3) is 0.533. The predicted octanol–water partition coefficient (Wildman–Crippen LogP) is 1.44. The molecule has 3 N–H and O–H groups in total. The van der Waals surface area contributed by atoms with E-state index in [1.807, 2.05) is 24.3 Å². The zero-order valence-electron chi connectivity index (χ0n) is 11.4. The van der Waals surface area contributed by atoms with E-state index in [9.17, 15) is 9.90 Å². The van der Waals surface area contributed by atoms with Gasteiger partial charge in [-0.25, -0.2) is 0 Å². The average molecular weight is 262 g/mol. The number of rotatable bonds is 4. The van der Waals surface area contributed by atoms with E-state index in [2.05, 4.69) is 10.6 Å². The minimum atomic E-state index is -0.223. The van der Waals surface area contributed by atoms with Crippen LogP contribution in [0.2, 0.25) is 0 Å². The Bertz CT molecular complexity index is 417. The van der Waals surface area contributed by atoms with Crippen molar-refractivity contribution in [2.24, 2.45) is 0 Å². The SMILES string of the molecule is CNC(=O)c1ccc(CN[C@H]2CCCC[C@H]2O)cc1. The molecule has 2 atom stereocenters. The molecule has 4 nitrogen and oxygen atoms in total. The monoisotopic (exact) mass is 262 g/mol. The summed E-state index contributed by atoms with van der Waals surface area (Å²) in [7, 11) is 1.63. The van der Waals surface area contributed by atoms with Gasteiger partial charge >= 0.3 is 0 Å². The maximum atomic E-state index is 11.4. The molecule has 0 aliphatic heterocycles. The number of hydrogen-bond donors (Lipinski definition) is 3. The molecule has 1 aromatic carbocycles.